The molecule has 0 spiro atoms. The number of rotatable bonds is 2. The first-order chi connectivity index (χ1) is 7.25. The van der Waals surface area contributed by atoms with Crippen LogP contribution in [0.3, 0.4) is 0 Å². The summed E-state index contributed by atoms with van der Waals surface area (Å²) < 4.78 is 5.29. The highest BCUT2D eigenvalue weighted by molar-refractivity contribution is 5.58. The van der Waals surface area contributed by atoms with E-state index < -0.39 is 0 Å². The average molecular weight is 207 g/mol. The van der Waals surface area contributed by atoms with Gasteiger partial charge in [0, 0.05) is 18.8 Å². The maximum absolute atomic E-state index is 5.75. The Bertz CT molecular complexity index is 335. The second-order valence-electron chi connectivity index (χ2n) is 3.79. The standard InChI is InChI=1S/C11H17N3O/c1-9-2-3-10(12)8-11(9)13-14-4-6-15-7-5-14/h2-3,8,13H,4-7,12H2,1H3. The number of hydrogen-bond donors (Lipinski definition) is 2. The Balaban J connectivity index is 2.05. The zero-order valence-electron chi connectivity index (χ0n) is 8.99. The van der Waals surface area contributed by atoms with Gasteiger partial charge < -0.3 is 15.9 Å². The second kappa shape index (κ2) is 4.51. The van der Waals surface area contributed by atoms with Crippen LogP contribution in [0.2, 0.25) is 0 Å². The summed E-state index contributed by atoms with van der Waals surface area (Å²) in [6, 6.07) is 5.91. The Morgan fingerprint density at radius 1 is 1.33 bits per heavy atom. The minimum Gasteiger partial charge on any atom is -0.399 e. The van der Waals surface area contributed by atoms with Crippen LogP contribution in [-0.2, 0) is 4.74 Å². The quantitative estimate of drug-likeness (QED) is 0.716. The lowest BCUT2D eigenvalue weighted by Gasteiger charge is -2.28. The molecule has 0 atom stereocenters. The Morgan fingerprint density at radius 2 is 2.07 bits per heavy atom. The van der Waals surface area contributed by atoms with E-state index in [4.69, 9.17) is 10.5 Å². The lowest BCUT2D eigenvalue weighted by Crippen LogP contribution is -2.40. The monoisotopic (exact) mass is 207 g/mol. The van der Waals surface area contributed by atoms with Gasteiger partial charge in [0.15, 0.2) is 0 Å². The molecule has 3 N–H and O–H groups in total. The molecule has 0 aromatic heterocycles. The highest BCUT2D eigenvalue weighted by atomic mass is 16.5. The minimum absolute atomic E-state index is 0.786. The van der Waals surface area contributed by atoms with Crippen LogP contribution in [-0.4, -0.2) is 31.3 Å². The molecule has 4 heteroatoms. The number of ether oxygens (including phenoxy) is 1. The first-order valence-corrected chi connectivity index (χ1v) is 5.21. The van der Waals surface area contributed by atoms with Gasteiger partial charge in [0.2, 0.25) is 0 Å². The van der Waals surface area contributed by atoms with Crippen LogP contribution in [0.1, 0.15) is 5.56 Å². The Kier molecular flexibility index (Phi) is 3.08. The van der Waals surface area contributed by atoms with Crippen molar-refractivity contribution in [2.24, 2.45) is 0 Å². The predicted octanol–water partition coefficient (Wildman–Crippen LogP) is 1.24. The van der Waals surface area contributed by atoms with Crippen molar-refractivity contribution in [2.75, 3.05) is 37.5 Å². The number of benzene rings is 1. The zero-order valence-corrected chi connectivity index (χ0v) is 8.99. The van der Waals surface area contributed by atoms with Crippen molar-refractivity contribution >= 4 is 11.4 Å². The van der Waals surface area contributed by atoms with Crippen LogP contribution in [0, 0.1) is 6.92 Å². The van der Waals surface area contributed by atoms with Crippen LogP contribution in [0.15, 0.2) is 18.2 Å². The average Bonchev–Trinajstić information content (AvgIpc) is 2.25. The molecule has 0 saturated carbocycles. The van der Waals surface area contributed by atoms with E-state index in [9.17, 15) is 0 Å². The molecule has 0 aliphatic carbocycles. The van der Waals surface area contributed by atoms with Gasteiger partial charge in [0.1, 0.15) is 0 Å². The molecule has 82 valence electrons. The number of anilines is 2. The first-order valence-electron chi connectivity index (χ1n) is 5.21. The Morgan fingerprint density at radius 3 is 2.80 bits per heavy atom. The molecular weight excluding hydrogens is 190 g/mol. The number of nitrogens with one attached hydrogen (secondary N) is 1. The molecule has 0 amide bonds. The van der Waals surface area contributed by atoms with Gasteiger partial charge in [-0.05, 0) is 24.6 Å². The molecule has 0 radical (unpaired) electrons. The fourth-order valence-electron chi connectivity index (χ4n) is 1.61. The molecule has 1 aliphatic rings. The van der Waals surface area contributed by atoms with Crippen LogP contribution in [0.4, 0.5) is 11.4 Å². The summed E-state index contributed by atoms with van der Waals surface area (Å²) in [5.74, 6) is 0. The number of nitrogens with zero attached hydrogens (tertiary/aromatic N) is 1. The van der Waals surface area contributed by atoms with E-state index in [1.807, 2.05) is 18.2 Å². The Hall–Kier alpha value is -1.26. The van der Waals surface area contributed by atoms with Crippen molar-refractivity contribution in [3.05, 3.63) is 23.8 Å². The number of morpholine rings is 1. The van der Waals surface area contributed by atoms with Gasteiger partial charge in [-0.3, -0.25) is 0 Å². The number of nitrogen functional groups attached to an aromatic ring is 1. The maximum atomic E-state index is 5.75. The van der Waals surface area contributed by atoms with Gasteiger partial charge in [-0.15, -0.1) is 0 Å². The van der Waals surface area contributed by atoms with E-state index in [0.29, 0.717) is 0 Å². The molecule has 15 heavy (non-hydrogen) atoms. The fourth-order valence-corrected chi connectivity index (χ4v) is 1.61. The third-order valence-corrected chi connectivity index (χ3v) is 2.55. The first kappa shape index (κ1) is 10.3. The highest BCUT2D eigenvalue weighted by Gasteiger charge is 2.10. The van der Waals surface area contributed by atoms with Crippen molar-refractivity contribution in [2.45, 2.75) is 6.92 Å². The zero-order chi connectivity index (χ0) is 10.7. The lowest BCUT2D eigenvalue weighted by atomic mass is 10.2. The van der Waals surface area contributed by atoms with Crippen molar-refractivity contribution in [1.29, 1.82) is 0 Å². The van der Waals surface area contributed by atoms with Crippen LogP contribution in [0.25, 0.3) is 0 Å². The summed E-state index contributed by atoms with van der Waals surface area (Å²) >= 11 is 0. The van der Waals surface area contributed by atoms with E-state index in [-0.39, 0.29) is 0 Å². The van der Waals surface area contributed by atoms with Gasteiger partial charge in [0.05, 0.1) is 18.9 Å². The van der Waals surface area contributed by atoms with Crippen molar-refractivity contribution in [3.63, 3.8) is 0 Å². The molecule has 1 aliphatic heterocycles. The van der Waals surface area contributed by atoms with E-state index in [1.54, 1.807) is 0 Å². The Labute approximate surface area is 90.0 Å². The van der Waals surface area contributed by atoms with Gasteiger partial charge in [-0.2, -0.15) is 0 Å². The van der Waals surface area contributed by atoms with E-state index in [1.165, 1.54) is 5.56 Å². The molecule has 1 fully saturated rings. The summed E-state index contributed by atoms with van der Waals surface area (Å²) in [6.45, 7) is 5.47. The molecule has 0 bridgehead atoms. The van der Waals surface area contributed by atoms with Gasteiger partial charge in [-0.1, -0.05) is 6.07 Å². The molecule has 2 rings (SSSR count). The number of hydrogen-bond acceptors (Lipinski definition) is 4. The van der Waals surface area contributed by atoms with Crippen molar-refractivity contribution in [1.82, 2.24) is 5.01 Å². The van der Waals surface area contributed by atoms with Crippen LogP contribution in [0.5, 0.6) is 0 Å². The molecule has 1 aromatic carbocycles. The predicted molar refractivity (Wildman–Crippen MR) is 61.6 cm³/mol. The molecule has 1 saturated heterocycles. The summed E-state index contributed by atoms with van der Waals surface area (Å²) in [6.07, 6.45) is 0. The lowest BCUT2D eigenvalue weighted by molar-refractivity contribution is 0.0496. The summed E-state index contributed by atoms with van der Waals surface area (Å²) in [7, 11) is 0. The fraction of sp³-hybridized carbons (Fsp3) is 0.455. The van der Waals surface area contributed by atoms with E-state index in [2.05, 4.69) is 17.4 Å². The molecule has 0 unspecified atom stereocenters. The third-order valence-electron chi connectivity index (χ3n) is 2.55. The van der Waals surface area contributed by atoms with E-state index >= 15 is 0 Å². The second-order valence-corrected chi connectivity index (χ2v) is 3.79. The van der Waals surface area contributed by atoms with Gasteiger partial charge in [-0.25, -0.2) is 5.01 Å². The summed E-state index contributed by atoms with van der Waals surface area (Å²) in [5, 5.41) is 2.16. The molecule has 4 nitrogen and oxygen atoms in total. The summed E-state index contributed by atoms with van der Waals surface area (Å²) in [5.41, 5.74) is 12.2. The summed E-state index contributed by atoms with van der Waals surface area (Å²) in [4.78, 5) is 0. The molecular formula is C11H17N3O. The van der Waals surface area contributed by atoms with E-state index in [0.717, 1.165) is 37.7 Å². The molecule has 1 aromatic rings. The van der Waals surface area contributed by atoms with Gasteiger partial charge >= 0.3 is 0 Å². The smallest absolute Gasteiger partial charge is 0.0612 e. The largest absolute Gasteiger partial charge is 0.399 e. The number of hydrazine groups is 1. The molecule has 1 heterocycles. The minimum atomic E-state index is 0.786. The maximum Gasteiger partial charge on any atom is 0.0612 e. The normalized spacial score (nSPS) is 17.7. The van der Waals surface area contributed by atoms with Gasteiger partial charge in [0.25, 0.3) is 0 Å². The topological polar surface area (TPSA) is 50.5 Å². The number of nitrogens with two attached hydrogens (primary N) is 1. The number of aryl methyl sites for hydroxylation is 1. The van der Waals surface area contributed by atoms with Crippen LogP contribution < -0.4 is 11.2 Å². The van der Waals surface area contributed by atoms with Crippen molar-refractivity contribution in [3.8, 4) is 0 Å². The SMILES string of the molecule is Cc1ccc(N)cc1NN1CCOCC1. The van der Waals surface area contributed by atoms with Crippen molar-refractivity contribution < 1.29 is 4.74 Å². The highest BCUT2D eigenvalue weighted by Crippen LogP contribution is 2.18. The third kappa shape index (κ3) is 2.61. The van der Waals surface area contributed by atoms with Crippen LogP contribution >= 0.6 is 0 Å².